The van der Waals surface area contributed by atoms with E-state index in [1.165, 1.54) is 18.2 Å². The van der Waals surface area contributed by atoms with Gasteiger partial charge in [0.15, 0.2) is 0 Å². The highest BCUT2D eigenvalue weighted by Gasteiger charge is 2.08. The SMILES string of the molecule is CCOc1ccc(F)cc1CC(=O)O. The summed E-state index contributed by atoms with van der Waals surface area (Å²) in [5.41, 5.74) is 0.361. The second-order valence-electron chi connectivity index (χ2n) is 2.76. The zero-order valence-electron chi connectivity index (χ0n) is 7.79. The zero-order chi connectivity index (χ0) is 10.6. The van der Waals surface area contributed by atoms with Gasteiger partial charge in [0.05, 0.1) is 13.0 Å². The van der Waals surface area contributed by atoms with E-state index in [0.29, 0.717) is 17.9 Å². The van der Waals surface area contributed by atoms with Crippen molar-refractivity contribution >= 4 is 5.97 Å². The lowest BCUT2D eigenvalue weighted by Gasteiger charge is -2.08. The topological polar surface area (TPSA) is 46.5 Å². The van der Waals surface area contributed by atoms with Gasteiger partial charge in [-0.05, 0) is 25.1 Å². The molecule has 1 rings (SSSR count). The first-order valence-corrected chi connectivity index (χ1v) is 4.26. The molecule has 1 aromatic carbocycles. The molecule has 0 saturated carbocycles. The van der Waals surface area contributed by atoms with Crippen LogP contribution in [0.15, 0.2) is 18.2 Å². The van der Waals surface area contributed by atoms with Crippen molar-refractivity contribution in [3.63, 3.8) is 0 Å². The van der Waals surface area contributed by atoms with Crippen molar-refractivity contribution < 1.29 is 19.0 Å². The Kier molecular flexibility index (Phi) is 3.45. The number of carboxylic acids is 1. The van der Waals surface area contributed by atoms with Gasteiger partial charge >= 0.3 is 5.97 Å². The molecule has 0 heterocycles. The summed E-state index contributed by atoms with van der Waals surface area (Å²) in [6, 6.07) is 3.87. The van der Waals surface area contributed by atoms with Crippen LogP contribution in [0.4, 0.5) is 4.39 Å². The molecule has 0 aliphatic rings. The van der Waals surface area contributed by atoms with Crippen molar-refractivity contribution in [3.05, 3.63) is 29.6 Å². The second kappa shape index (κ2) is 4.60. The third-order valence-electron chi connectivity index (χ3n) is 1.66. The van der Waals surface area contributed by atoms with Crippen LogP contribution in [-0.4, -0.2) is 17.7 Å². The largest absolute Gasteiger partial charge is 0.494 e. The highest BCUT2D eigenvalue weighted by molar-refractivity contribution is 5.71. The van der Waals surface area contributed by atoms with Crippen LogP contribution < -0.4 is 4.74 Å². The minimum absolute atomic E-state index is 0.229. The molecule has 76 valence electrons. The summed E-state index contributed by atoms with van der Waals surface area (Å²) >= 11 is 0. The minimum Gasteiger partial charge on any atom is -0.494 e. The number of ether oxygens (including phenoxy) is 1. The molecule has 0 amide bonds. The Morgan fingerprint density at radius 2 is 2.29 bits per heavy atom. The van der Waals surface area contributed by atoms with Crippen LogP contribution in [-0.2, 0) is 11.2 Å². The molecule has 0 bridgehead atoms. The first-order valence-electron chi connectivity index (χ1n) is 4.26. The second-order valence-corrected chi connectivity index (χ2v) is 2.76. The predicted molar refractivity (Wildman–Crippen MR) is 48.9 cm³/mol. The quantitative estimate of drug-likeness (QED) is 0.803. The number of benzene rings is 1. The number of rotatable bonds is 4. The van der Waals surface area contributed by atoms with Gasteiger partial charge in [-0.25, -0.2) is 4.39 Å². The van der Waals surface area contributed by atoms with Gasteiger partial charge in [-0.15, -0.1) is 0 Å². The molecular weight excluding hydrogens is 187 g/mol. The Balaban J connectivity index is 2.96. The van der Waals surface area contributed by atoms with Crippen molar-refractivity contribution in [2.45, 2.75) is 13.3 Å². The average molecular weight is 198 g/mol. The molecular formula is C10H11FO3. The maximum atomic E-state index is 12.8. The zero-order valence-corrected chi connectivity index (χ0v) is 7.79. The van der Waals surface area contributed by atoms with Crippen molar-refractivity contribution in [1.82, 2.24) is 0 Å². The lowest BCUT2D eigenvalue weighted by atomic mass is 10.1. The molecule has 1 N–H and O–H groups in total. The van der Waals surface area contributed by atoms with Gasteiger partial charge in [-0.2, -0.15) is 0 Å². The van der Waals surface area contributed by atoms with Gasteiger partial charge in [0, 0.05) is 5.56 Å². The number of aliphatic carboxylic acids is 1. The smallest absolute Gasteiger partial charge is 0.307 e. The van der Waals surface area contributed by atoms with E-state index in [-0.39, 0.29) is 6.42 Å². The van der Waals surface area contributed by atoms with Crippen molar-refractivity contribution in [3.8, 4) is 5.75 Å². The Labute approximate surface area is 81.1 Å². The van der Waals surface area contributed by atoms with E-state index in [0.717, 1.165) is 0 Å². The van der Waals surface area contributed by atoms with Crippen LogP contribution in [0.5, 0.6) is 5.75 Å². The summed E-state index contributed by atoms with van der Waals surface area (Å²) in [5.74, 6) is -1.03. The molecule has 0 saturated heterocycles. The molecule has 0 atom stereocenters. The maximum Gasteiger partial charge on any atom is 0.307 e. The van der Waals surface area contributed by atoms with E-state index >= 15 is 0 Å². The fraction of sp³-hybridized carbons (Fsp3) is 0.300. The Hall–Kier alpha value is -1.58. The molecule has 0 radical (unpaired) electrons. The maximum absolute atomic E-state index is 12.8. The van der Waals surface area contributed by atoms with Gasteiger partial charge in [0.2, 0.25) is 0 Å². The van der Waals surface area contributed by atoms with Gasteiger partial charge in [-0.3, -0.25) is 4.79 Å². The molecule has 0 aliphatic heterocycles. The van der Waals surface area contributed by atoms with E-state index in [1.54, 1.807) is 6.92 Å². The summed E-state index contributed by atoms with van der Waals surface area (Å²) in [4.78, 5) is 10.5. The van der Waals surface area contributed by atoms with Crippen LogP contribution in [0, 0.1) is 5.82 Å². The minimum atomic E-state index is -1.00. The molecule has 1 aromatic rings. The lowest BCUT2D eigenvalue weighted by Crippen LogP contribution is -2.04. The summed E-state index contributed by atoms with van der Waals surface area (Å²) in [6.45, 7) is 2.21. The molecule has 0 spiro atoms. The van der Waals surface area contributed by atoms with Gasteiger partial charge in [-0.1, -0.05) is 0 Å². The monoisotopic (exact) mass is 198 g/mol. The Morgan fingerprint density at radius 3 is 2.86 bits per heavy atom. The molecule has 0 aromatic heterocycles. The third kappa shape index (κ3) is 2.73. The highest BCUT2D eigenvalue weighted by Crippen LogP contribution is 2.20. The number of carbonyl (C=O) groups is 1. The number of halogens is 1. The van der Waals surface area contributed by atoms with Crippen LogP contribution in [0.1, 0.15) is 12.5 Å². The summed E-state index contributed by atoms with van der Waals surface area (Å²) in [7, 11) is 0. The molecule has 4 heteroatoms. The van der Waals surface area contributed by atoms with Crippen molar-refractivity contribution in [2.75, 3.05) is 6.61 Å². The summed E-state index contributed by atoms with van der Waals surface area (Å²) in [5, 5.41) is 8.57. The third-order valence-corrected chi connectivity index (χ3v) is 1.66. The van der Waals surface area contributed by atoms with E-state index in [4.69, 9.17) is 9.84 Å². The fourth-order valence-corrected chi connectivity index (χ4v) is 1.15. The number of hydrogen-bond donors (Lipinski definition) is 1. The fourth-order valence-electron chi connectivity index (χ4n) is 1.15. The highest BCUT2D eigenvalue weighted by atomic mass is 19.1. The Bertz CT molecular complexity index is 336. The molecule has 0 aliphatic carbocycles. The van der Waals surface area contributed by atoms with E-state index < -0.39 is 11.8 Å². The van der Waals surface area contributed by atoms with Crippen molar-refractivity contribution in [1.29, 1.82) is 0 Å². The molecule has 0 unspecified atom stereocenters. The first kappa shape index (κ1) is 10.5. The van der Waals surface area contributed by atoms with Gasteiger partial charge in [0.25, 0.3) is 0 Å². The molecule has 14 heavy (non-hydrogen) atoms. The van der Waals surface area contributed by atoms with Crippen LogP contribution in [0.3, 0.4) is 0 Å². The van der Waals surface area contributed by atoms with Crippen LogP contribution >= 0.6 is 0 Å². The number of hydrogen-bond acceptors (Lipinski definition) is 2. The van der Waals surface area contributed by atoms with Gasteiger partial charge < -0.3 is 9.84 Å². The average Bonchev–Trinajstić information content (AvgIpc) is 2.09. The number of carboxylic acid groups (broad SMARTS) is 1. The first-order chi connectivity index (χ1) is 6.63. The Morgan fingerprint density at radius 1 is 1.57 bits per heavy atom. The van der Waals surface area contributed by atoms with E-state index in [2.05, 4.69) is 0 Å². The normalized spacial score (nSPS) is 9.86. The predicted octanol–water partition coefficient (Wildman–Crippen LogP) is 1.85. The summed E-state index contributed by atoms with van der Waals surface area (Å²) < 4.78 is 18.0. The van der Waals surface area contributed by atoms with Gasteiger partial charge in [0.1, 0.15) is 11.6 Å². The lowest BCUT2D eigenvalue weighted by molar-refractivity contribution is -0.136. The standard InChI is InChI=1S/C10H11FO3/c1-2-14-9-4-3-8(11)5-7(9)6-10(12)13/h3-5H,2,6H2,1H3,(H,12,13). The van der Waals surface area contributed by atoms with E-state index in [9.17, 15) is 9.18 Å². The molecule has 0 fully saturated rings. The summed E-state index contributed by atoms with van der Waals surface area (Å²) in [6.07, 6.45) is -0.229. The van der Waals surface area contributed by atoms with Crippen molar-refractivity contribution in [2.24, 2.45) is 0 Å². The van der Waals surface area contributed by atoms with Crippen LogP contribution in [0.25, 0.3) is 0 Å². The molecule has 3 nitrogen and oxygen atoms in total. The van der Waals surface area contributed by atoms with E-state index in [1.807, 2.05) is 0 Å². The van der Waals surface area contributed by atoms with Crippen LogP contribution in [0.2, 0.25) is 0 Å².